The molecule has 90 valence electrons. The quantitative estimate of drug-likeness (QED) is 0.738. The normalized spacial score (nSPS) is 11.8. The molecule has 3 heteroatoms. The molecular formula is C14H17NO2. The second-order valence-electron chi connectivity index (χ2n) is 3.90. The van der Waals surface area contributed by atoms with Crippen molar-refractivity contribution < 1.29 is 9.90 Å². The average Bonchev–Trinajstić information content (AvgIpc) is 2.35. The summed E-state index contributed by atoms with van der Waals surface area (Å²) in [6.07, 6.45) is 6.97. The lowest BCUT2D eigenvalue weighted by Crippen LogP contribution is -2.27. The van der Waals surface area contributed by atoms with Gasteiger partial charge in [0.25, 0.3) is 0 Å². The van der Waals surface area contributed by atoms with Gasteiger partial charge in [0.15, 0.2) is 0 Å². The molecule has 0 aliphatic heterocycles. The van der Waals surface area contributed by atoms with Gasteiger partial charge in [0, 0.05) is 19.0 Å². The van der Waals surface area contributed by atoms with Crippen LogP contribution in [0.3, 0.4) is 0 Å². The second-order valence-corrected chi connectivity index (χ2v) is 3.90. The number of carboxylic acids is 1. The maximum Gasteiger partial charge on any atom is 0.335 e. The van der Waals surface area contributed by atoms with Crippen molar-refractivity contribution in [3.8, 4) is 12.3 Å². The van der Waals surface area contributed by atoms with Crippen LogP contribution >= 0.6 is 0 Å². The van der Waals surface area contributed by atoms with Gasteiger partial charge in [0.1, 0.15) is 0 Å². The number of aromatic carboxylic acids is 1. The summed E-state index contributed by atoms with van der Waals surface area (Å²) in [5.74, 6) is 1.74. The van der Waals surface area contributed by atoms with Crippen molar-refractivity contribution in [2.24, 2.45) is 0 Å². The highest BCUT2D eigenvalue weighted by Gasteiger charge is 2.05. The molecule has 0 aliphatic carbocycles. The van der Waals surface area contributed by atoms with Crippen molar-refractivity contribution in [3.05, 3.63) is 35.4 Å². The van der Waals surface area contributed by atoms with Gasteiger partial charge in [-0.2, -0.15) is 0 Å². The molecule has 1 atom stereocenters. The minimum atomic E-state index is -0.900. The van der Waals surface area contributed by atoms with E-state index in [1.54, 1.807) is 12.1 Å². The van der Waals surface area contributed by atoms with E-state index < -0.39 is 5.97 Å². The summed E-state index contributed by atoms with van der Waals surface area (Å²) in [5.41, 5.74) is 1.37. The molecule has 1 rings (SSSR count). The molecule has 0 aromatic heterocycles. The van der Waals surface area contributed by atoms with Gasteiger partial charge in [-0.25, -0.2) is 4.79 Å². The van der Waals surface area contributed by atoms with Crippen LogP contribution in [-0.2, 0) is 6.54 Å². The van der Waals surface area contributed by atoms with Gasteiger partial charge >= 0.3 is 5.97 Å². The average molecular weight is 231 g/mol. The van der Waals surface area contributed by atoms with E-state index in [1.807, 2.05) is 12.1 Å². The van der Waals surface area contributed by atoms with Crippen molar-refractivity contribution in [3.63, 3.8) is 0 Å². The zero-order valence-corrected chi connectivity index (χ0v) is 9.94. The third kappa shape index (κ3) is 4.29. The molecule has 0 radical (unpaired) electrons. The highest BCUT2D eigenvalue weighted by atomic mass is 16.4. The fourth-order valence-corrected chi connectivity index (χ4v) is 1.53. The van der Waals surface area contributed by atoms with Gasteiger partial charge < -0.3 is 10.4 Å². The number of carboxylic acid groups (broad SMARTS) is 1. The maximum atomic E-state index is 10.7. The van der Waals surface area contributed by atoms with Gasteiger partial charge in [0.05, 0.1) is 5.56 Å². The number of carbonyl (C=O) groups is 1. The van der Waals surface area contributed by atoms with Crippen LogP contribution in [0.2, 0.25) is 0 Å². The summed E-state index contributed by atoms with van der Waals surface area (Å²) >= 11 is 0. The van der Waals surface area contributed by atoms with E-state index in [4.69, 9.17) is 11.5 Å². The zero-order chi connectivity index (χ0) is 12.7. The number of hydrogen-bond acceptors (Lipinski definition) is 2. The predicted octanol–water partition coefficient (Wildman–Crippen LogP) is 2.28. The fourth-order valence-electron chi connectivity index (χ4n) is 1.53. The first-order valence-electron chi connectivity index (χ1n) is 5.66. The first kappa shape index (κ1) is 13.3. The van der Waals surface area contributed by atoms with Crippen LogP contribution in [0.4, 0.5) is 0 Å². The summed E-state index contributed by atoms with van der Waals surface area (Å²) in [4.78, 5) is 10.7. The standard InChI is InChI=1S/C14H17NO2/c1-3-5-13(4-2)15-10-11-6-8-12(9-7-11)14(16)17/h1,6-9,13,15H,4-5,10H2,2H3,(H,16,17). The van der Waals surface area contributed by atoms with E-state index in [-0.39, 0.29) is 0 Å². The monoisotopic (exact) mass is 231 g/mol. The van der Waals surface area contributed by atoms with Crippen molar-refractivity contribution in [1.82, 2.24) is 5.32 Å². The van der Waals surface area contributed by atoms with E-state index in [0.29, 0.717) is 24.6 Å². The largest absolute Gasteiger partial charge is 0.478 e. The number of hydrogen-bond donors (Lipinski definition) is 2. The Morgan fingerprint density at radius 1 is 1.47 bits per heavy atom. The third-order valence-corrected chi connectivity index (χ3v) is 2.65. The highest BCUT2D eigenvalue weighted by Crippen LogP contribution is 2.05. The van der Waals surface area contributed by atoms with Crippen LogP contribution in [0.25, 0.3) is 0 Å². The molecule has 1 aromatic rings. The Morgan fingerprint density at radius 3 is 2.59 bits per heavy atom. The Balaban J connectivity index is 2.52. The molecule has 2 N–H and O–H groups in total. The molecule has 0 fully saturated rings. The van der Waals surface area contributed by atoms with Crippen molar-refractivity contribution in [2.45, 2.75) is 32.4 Å². The minimum absolute atomic E-state index is 0.310. The molecule has 0 heterocycles. The molecule has 3 nitrogen and oxygen atoms in total. The first-order chi connectivity index (χ1) is 8.17. The lowest BCUT2D eigenvalue weighted by molar-refractivity contribution is 0.0697. The van der Waals surface area contributed by atoms with Gasteiger partial charge in [-0.1, -0.05) is 19.1 Å². The second kappa shape index (κ2) is 6.72. The van der Waals surface area contributed by atoms with Crippen LogP contribution in [-0.4, -0.2) is 17.1 Å². The fraction of sp³-hybridized carbons (Fsp3) is 0.357. The topological polar surface area (TPSA) is 49.3 Å². The summed E-state index contributed by atoms with van der Waals surface area (Å²) in [7, 11) is 0. The number of rotatable bonds is 6. The summed E-state index contributed by atoms with van der Waals surface area (Å²) in [6, 6.07) is 7.18. The molecule has 1 aromatic carbocycles. The van der Waals surface area contributed by atoms with Crippen LogP contribution < -0.4 is 5.32 Å². The highest BCUT2D eigenvalue weighted by molar-refractivity contribution is 5.87. The molecular weight excluding hydrogens is 214 g/mol. The smallest absolute Gasteiger partial charge is 0.335 e. The SMILES string of the molecule is C#CCC(CC)NCc1ccc(C(=O)O)cc1. The molecule has 1 unspecified atom stereocenters. The lowest BCUT2D eigenvalue weighted by atomic mass is 10.1. The predicted molar refractivity (Wildman–Crippen MR) is 67.8 cm³/mol. The van der Waals surface area contributed by atoms with Crippen molar-refractivity contribution in [2.75, 3.05) is 0 Å². The summed E-state index contributed by atoms with van der Waals surface area (Å²) in [5, 5.41) is 12.1. The first-order valence-corrected chi connectivity index (χ1v) is 5.66. The molecule has 0 spiro atoms. The molecule has 0 saturated carbocycles. The third-order valence-electron chi connectivity index (χ3n) is 2.65. The van der Waals surface area contributed by atoms with Crippen LogP contribution in [0.15, 0.2) is 24.3 Å². The Labute approximate surface area is 102 Å². The number of benzene rings is 1. The molecule has 0 aliphatic rings. The van der Waals surface area contributed by atoms with E-state index in [2.05, 4.69) is 18.2 Å². The van der Waals surface area contributed by atoms with Gasteiger partial charge in [-0.05, 0) is 24.1 Å². The molecule has 0 bridgehead atoms. The van der Waals surface area contributed by atoms with E-state index >= 15 is 0 Å². The van der Waals surface area contributed by atoms with Crippen LogP contribution in [0.1, 0.15) is 35.7 Å². The van der Waals surface area contributed by atoms with E-state index in [0.717, 1.165) is 12.0 Å². The van der Waals surface area contributed by atoms with E-state index in [1.165, 1.54) is 0 Å². The lowest BCUT2D eigenvalue weighted by Gasteiger charge is -2.14. The van der Waals surface area contributed by atoms with Gasteiger partial charge in [-0.3, -0.25) is 0 Å². The Morgan fingerprint density at radius 2 is 2.12 bits per heavy atom. The summed E-state index contributed by atoms with van der Waals surface area (Å²) in [6.45, 7) is 2.79. The van der Waals surface area contributed by atoms with Gasteiger partial charge in [-0.15, -0.1) is 12.3 Å². The number of terminal acetylenes is 1. The Hall–Kier alpha value is -1.79. The van der Waals surface area contributed by atoms with Crippen molar-refractivity contribution >= 4 is 5.97 Å². The van der Waals surface area contributed by atoms with Crippen LogP contribution in [0.5, 0.6) is 0 Å². The Kier molecular flexibility index (Phi) is 5.25. The Bertz CT molecular complexity index is 403. The summed E-state index contributed by atoms with van der Waals surface area (Å²) < 4.78 is 0. The minimum Gasteiger partial charge on any atom is -0.478 e. The number of nitrogens with one attached hydrogen (secondary N) is 1. The maximum absolute atomic E-state index is 10.7. The van der Waals surface area contributed by atoms with Crippen LogP contribution in [0, 0.1) is 12.3 Å². The zero-order valence-electron chi connectivity index (χ0n) is 9.94. The molecule has 17 heavy (non-hydrogen) atoms. The van der Waals surface area contributed by atoms with Gasteiger partial charge in [0.2, 0.25) is 0 Å². The molecule has 0 amide bonds. The molecule has 0 saturated heterocycles. The van der Waals surface area contributed by atoms with Crippen molar-refractivity contribution in [1.29, 1.82) is 0 Å². The van der Waals surface area contributed by atoms with E-state index in [9.17, 15) is 4.79 Å².